The van der Waals surface area contributed by atoms with E-state index in [1.807, 2.05) is 6.92 Å². The minimum Gasteiger partial charge on any atom is -0.507 e. The predicted octanol–water partition coefficient (Wildman–Crippen LogP) is 3.90. The Bertz CT molecular complexity index is 1530. The van der Waals surface area contributed by atoms with Gasteiger partial charge < -0.3 is 24.4 Å². The molecule has 1 fully saturated rings. The van der Waals surface area contributed by atoms with E-state index in [9.17, 15) is 24.6 Å². The molecule has 1 amide bonds. The molecule has 11 heteroatoms. The van der Waals surface area contributed by atoms with Crippen LogP contribution in [0.3, 0.4) is 0 Å². The molecule has 2 N–H and O–H groups in total. The van der Waals surface area contributed by atoms with Crippen LogP contribution >= 0.6 is 11.3 Å². The third-order valence-electron chi connectivity index (χ3n) is 6.50. The van der Waals surface area contributed by atoms with E-state index in [0.717, 1.165) is 21.8 Å². The number of ether oxygens (including phenoxy) is 3. The molecule has 10 nitrogen and oxygen atoms in total. The first-order valence-electron chi connectivity index (χ1n) is 11.7. The molecule has 196 valence electrons. The molecule has 2 aromatic carbocycles. The van der Waals surface area contributed by atoms with Gasteiger partial charge in [0.2, 0.25) is 0 Å². The molecule has 0 bridgehead atoms. The Kier molecular flexibility index (Phi) is 6.31. The Labute approximate surface area is 221 Å². The molecule has 5 rings (SSSR count). The summed E-state index contributed by atoms with van der Waals surface area (Å²) in [5.41, 5.74) is 1.76. The number of benzene rings is 2. The summed E-state index contributed by atoms with van der Waals surface area (Å²) in [6.45, 7) is 3.52. The number of aromatic nitrogens is 1. The zero-order chi connectivity index (χ0) is 27.3. The van der Waals surface area contributed by atoms with Gasteiger partial charge in [0.1, 0.15) is 22.5 Å². The van der Waals surface area contributed by atoms with Gasteiger partial charge in [0.15, 0.2) is 16.6 Å². The van der Waals surface area contributed by atoms with Gasteiger partial charge in [0.25, 0.3) is 5.78 Å². The summed E-state index contributed by atoms with van der Waals surface area (Å²) in [6, 6.07) is 8.32. The van der Waals surface area contributed by atoms with Crippen molar-refractivity contribution in [3.8, 4) is 17.2 Å². The van der Waals surface area contributed by atoms with Crippen LogP contribution in [0, 0.1) is 6.92 Å². The van der Waals surface area contributed by atoms with Crippen molar-refractivity contribution < 1.29 is 38.8 Å². The number of aliphatic hydroxyl groups is 1. The largest absolute Gasteiger partial charge is 0.507 e. The summed E-state index contributed by atoms with van der Waals surface area (Å²) in [4.78, 5) is 44.8. The van der Waals surface area contributed by atoms with E-state index in [1.54, 1.807) is 25.1 Å². The van der Waals surface area contributed by atoms with Gasteiger partial charge in [0.05, 0.1) is 31.5 Å². The molecule has 3 heterocycles. The molecule has 2 aliphatic rings. The fraction of sp³-hybridized carbons (Fsp3) is 0.259. The summed E-state index contributed by atoms with van der Waals surface area (Å²) in [6.07, 6.45) is 0.618. The second-order valence-corrected chi connectivity index (χ2v) is 9.94. The molecule has 0 saturated carbocycles. The molecule has 0 spiro atoms. The number of hydrogen-bond acceptors (Lipinski definition) is 10. The summed E-state index contributed by atoms with van der Waals surface area (Å²) in [5.74, 6) is -2.17. The second kappa shape index (κ2) is 9.49. The highest BCUT2D eigenvalue weighted by Gasteiger charge is 2.48. The summed E-state index contributed by atoms with van der Waals surface area (Å²) < 4.78 is 15.8. The molecule has 0 radical (unpaired) electrons. The van der Waals surface area contributed by atoms with Crippen molar-refractivity contribution in [3.63, 3.8) is 0 Å². The molecule has 2 atom stereocenters. The van der Waals surface area contributed by atoms with Crippen LogP contribution in [-0.2, 0) is 20.7 Å². The van der Waals surface area contributed by atoms with Crippen molar-refractivity contribution in [1.82, 2.24) is 4.98 Å². The van der Waals surface area contributed by atoms with E-state index < -0.39 is 23.7 Å². The Morgan fingerprint density at radius 2 is 1.95 bits per heavy atom. The number of amides is 1. The Morgan fingerprint density at radius 1 is 1.18 bits per heavy atom. The number of fused-ring (bicyclic) bond motifs is 1. The Morgan fingerprint density at radius 3 is 2.66 bits per heavy atom. The van der Waals surface area contributed by atoms with E-state index in [1.165, 1.54) is 32.4 Å². The number of thiazole rings is 1. The number of rotatable bonds is 5. The number of aliphatic hydroxyl groups excluding tert-OH is 1. The fourth-order valence-corrected chi connectivity index (χ4v) is 5.71. The highest BCUT2D eigenvalue weighted by molar-refractivity contribution is 7.17. The summed E-state index contributed by atoms with van der Waals surface area (Å²) in [5, 5.41) is 21.7. The summed E-state index contributed by atoms with van der Waals surface area (Å²) in [7, 11) is 2.61. The smallest absolute Gasteiger partial charge is 0.350 e. The molecule has 1 saturated heterocycles. The van der Waals surface area contributed by atoms with E-state index >= 15 is 0 Å². The number of carbonyl (C=O) groups is 3. The van der Waals surface area contributed by atoms with E-state index in [4.69, 9.17) is 14.2 Å². The van der Waals surface area contributed by atoms with E-state index in [0.29, 0.717) is 29.0 Å². The third-order valence-corrected chi connectivity index (χ3v) is 7.63. The number of aromatic hydroxyl groups is 1. The molecule has 38 heavy (non-hydrogen) atoms. The maximum atomic E-state index is 13.4. The highest BCUT2D eigenvalue weighted by atomic mass is 32.1. The topological polar surface area (TPSA) is 135 Å². The first-order chi connectivity index (χ1) is 18.1. The van der Waals surface area contributed by atoms with Crippen molar-refractivity contribution in [2.24, 2.45) is 0 Å². The summed E-state index contributed by atoms with van der Waals surface area (Å²) >= 11 is 0.899. The average molecular weight is 537 g/mol. The zero-order valence-corrected chi connectivity index (χ0v) is 21.8. The van der Waals surface area contributed by atoms with Crippen LogP contribution < -0.4 is 14.4 Å². The van der Waals surface area contributed by atoms with Gasteiger partial charge in [-0.05, 0) is 55.3 Å². The SMILES string of the molecule is COC(=O)c1sc(N2C(=O)C(=O)/C(=C(/O)c3ccc4c(c3)CC(C)O4)C2c2ccc(O)c(OC)c2)nc1C. The van der Waals surface area contributed by atoms with Gasteiger partial charge in [-0.25, -0.2) is 9.78 Å². The van der Waals surface area contributed by atoms with Crippen LogP contribution in [-0.4, -0.2) is 53.2 Å². The van der Waals surface area contributed by atoms with Crippen LogP contribution in [0.2, 0.25) is 0 Å². The predicted molar refractivity (Wildman–Crippen MR) is 138 cm³/mol. The molecule has 2 unspecified atom stereocenters. The number of esters is 1. The van der Waals surface area contributed by atoms with Crippen molar-refractivity contribution in [2.45, 2.75) is 32.4 Å². The Balaban J connectivity index is 1.71. The average Bonchev–Trinajstić information content (AvgIpc) is 3.55. The van der Waals surface area contributed by atoms with E-state index in [2.05, 4.69) is 4.98 Å². The number of phenolic OH excluding ortho intramolecular Hbond substituents is 1. The first kappa shape index (κ1) is 25.3. The zero-order valence-electron chi connectivity index (χ0n) is 21.0. The number of aryl methyl sites for hydroxylation is 1. The van der Waals surface area contributed by atoms with Crippen LogP contribution in [0.4, 0.5) is 5.13 Å². The van der Waals surface area contributed by atoms with Crippen LogP contribution in [0.15, 0.2) is 42.0 Å². The van der Waals surface area contributed by atoms with Crippen molar-refractivity contribution in [2.75, 3.05) is 19.1 Å². The number of Topliss-reactive ketones (excluding diaryl/α,β-unsaturated/α-hetero) is 1. The first-order valence-corrected chi connectivity index (χ1v) is 12.5. The lowest BCUT2D eigenvalue weighted by Crippen LogP contribution is -2.29. The number of carbonyl (C=O) groups excluding carboxylic acids is 3. The van der Waals surface area contributed by atoms with Gasteiger partial charge in [0, 0.05) is 12.0 Å². The lowest BCUT2D eigenvalue weighted by molar-refractivity contribution is -0.132. The number of nitrogens with zero attached hydrogens (tertiary/aromatic N) is 2. The maximum absolute atomic E-state index is 13.4. The van der Waals surface area contributed by atoms with Gasteiger partial charge in [-0.2, -0.15) is 0 Å². The standard InChI is InChI=1S/C27H24N2O8S/c1-12-9-16-10-15(6-8-18(16)37-12)22(31)20-21(14-5-7-17(30)19(11-14)35-3)29(25(33)23(20)32)27-28-13(2)24(38-27)26(34)36-4/h5-8,10-12,21,30-31H,9H2,1-4H3/b22-20+. The molecule has 1 aromatic heterocycles. The van der Waals surface area contributed by atoms with Crippen LogP contribution in [0.5, 0.6) is 17.2 Å². The van der Waals surface area contributed by atoms with Crippen LogP contribution in [0.25, 0.3) is 5.76 Å². The second-order valence-electron chi connectivity index (χ2n) is 8.96. The number of hydrogen-bond donors (Lipinski definition) is 2. The number of methoxy groups -OCH3 is 2. The third kappa shape index (κ3) is 4.04. The number of phenols is 1. The highest BCUT2D eigenvalue weighted by Crippen LogP contribution is 2.46. The van der Waals surface area contributed by atoms with Crippen molar-refractivity contribution >= 4 is 39.9 Å². The minimum absolute atomic E-state index is 0.0189. The van der Waals surface area contributed by atoms with Gasteiger partial charge in [-0.1, -0.05) is 17.4 Å². The quantitative estimate of drug-likeness (QED) is 0.215. The Hall–Kier alpha value is -4.38. The van der Waals surface area contributed by atoms with Crippen molar-refractivity contribution in [3.05, 3.63) is 69.2 Å². The van der Waals surface area contributed by atoms with Crippen molar-refractivity contribution in [1.29, 1.82) is 0 Å². The fourth-order valence-electron chi connectivity index (χ4n) is 4.70. The van der Waals surface area contributed by atoms with Crippen LogP contribution in [0.1, 0.15) is 45.0 Å². The van der Waals surface area contributed by atoms with Gasteiger partial charge in [-0.3, -0.25) is 14.5 Å². The number of ketones is 1. The lowest BCUT2D eigenvalue weighted by atomic mass is 9.94. The molecule has 3 aromatic rings. The molecular formula is C27H24N2O8S. The molecular weight excluding hydrogens is 512 g/mol. The van der Waals surface area contributed by atoms with Gasteiger partial charge in [-0.15, -0.1) is 0 Å². The molecule has 0 aliphatic carbocycles. The van der Waals surface area contributed by atoms with E-state index in [-0.39, 0.29) is 38.9 Å². The number of anilines is 1. The molecule has 2 aliphatic heterocycles. The van der Waals surface area contributed by atoms with Gasteiger partial charge >= 0.3 is 11.9 Å². The normalized spacial score (nSPS) is 19.8. The lowest BCUT2D eigenvalue weighted by Gasteiger charge is -2.23. The minimum atomic E-state index is -1.12. The monoisotopic (exact) mass is 536 g/mol. The maximum Gasteiger partial charge on any atom is 0.350 e.